The zero-order valence-corrected chi connectivity index (χ0v) is 19.0. The Bertz CT molecular complexity index is 991. The van der Waals surface area contributed by atoms with Gasteiger partial charge in [0.05, 0.1) is 16.7 Å². The second-order valence-corrected chi connectivity index (χ2v) is 8.55. The van der Waals surface area contributed by atoms with Gasteiger partial charge in [-0.05, 0) is 76.9 Å². The van der Waals surface area contributed by atoms with E-state index in [1.807, 2.05) is 44.2 Å². The standard InChI is InChI=1S/C22H21BrN2O4S/c1-3-14(2)29-16-10-8-15(9-11-16)12-19-21(27)25(22(28)30-19)13-20(26)24-18-7-5-4-6-17(18)23/h4-12,14H,3,13H2,1-2H3,(H,24,26)/b19-12-/t14-/m1/s1. The van der Waals surface area contributed by atoms with Crippen LogP contribution in [0.4, 0.5) is 10.5 Å². The molecule has 0 unspecified atom stereocenters. The summed E-state index contributed by atoms with van der Waals surface area (Å²) in [6.45, 7) is 3.70. The van der Waals surface area contributed by atoms with Crippen LogP contribution in [0.2, 0.25) is 0 Å². The molecular weight excluding hydrogens is 468 g/mol. The summed E-state index contributed by atoms with van der Waals surface area (Å²) in [5, 5.41) is 2.23. The second-order valence-electron chi connectivity index (χ2n) is 6.70. The number of carbonyl (C=O) groups excluding carboxylic acids is 3. The lowest BCUT2D eigenvalue weighted by Gasteiger charge is -2.13. The van der Waals surface area contributed by atoms with Crippen LogP contribution in [0.3, 0.4) is 0 Å². The summed E-state index contributed by atoms with van der Waals surface area (Å²) >= 11 is 4.17. The van der Waals surface area contributed by atoms with E-state index in [-0.39, 0.29) is 17.6 Å². The summed E-state index contributed by atoms with van der Waals surface area (Å²) in [5.41, 5.74) is 1.35. The van der Waals surface area contributed by atoms with E-state index >= 15 is 0 Å². The molecule has 1 heterocycles. The molecule has 3 amide bonds. The average molecular weight is 489 g/mol. The molecule has 3 rings (SSSR count). The lowest BCUT2D eigenvalue weighted by Crippen LogP contribution is -2.36. The molecule has 1 saturated heterocycles. The first-order valence-corrected chi connectivity index (χ1v) is 11.0. The van der Waals surface area contributed by atoms with Gasteiger partial charge in [-0.2, -0.15) is 0 Å². The molecule has 1 N–H and O–H groups in total. The maximum absolute atomic E-state index is 12.6. The predicted octanol–water partition coefficient (Wildman–Crippen LogP) is 5.30. The number of hydrogen-bond donors (Lipinski definition) is 1. The Balaban J connectivity index is 1.65. The van der Waals surface area contributed by atoms with Crippen molar-refractivity contribution in [1.82, 2.24) is 4.90 Å². The number of thioether (sulfide) groups is 1. The minimum Gasteiger partial charge on any atom is -0.491 e. The van der Waals surface area contributed by atoms with Gasteiger partial charge in [0.15, 0.2) is 0 Å². The number of anilines is 1. The van der Waals surface area contributed by atoms with Crippen molar-refractivity contribution in [2.75, 3.05) is 11.9 Å². The molecule has 8 heteroatoms. The molecule has 0 aromatic heterocycles. The topological polar surface area (TPSA) is 75.7 Å². The van der Waals surface area contributed by atoms with Crippen LogP contribution in [0.5, 0.6) is 5.75 Å². The minimum absolute atomic E-state index is 0.120. The van der Waals surface area contributed by atoms with Crippen molar-refractivity contribution in [2.45, 2.75) is 26.4 Å². The third kappa shape index (κ3) is 5.52. The summed E-state index contributed by atoms with van der Waals surface area (Å²) in [5.74, 6) is -0.178. The molecular formula is C22H21BrN2O4S. The fourth-order valence-electron chi connectivity index (χ4n) is 2.64. The van der Waals surface area contributed by atoms with Gasteiger partial charge in [-0.25, -0.2) is 0 Å². The van der Waals surface area contributed by atoms with Gasteiger partial charge in [0.1, 0.15) is 12.3 Å². The second kappa shape index (κ2) is 9.95. The Labute approximate surface area is 187 Å². The Morgan fingerprint density at radius 1 is 1.20 bits per heavy atom. The number of nitrogens with zero attached hydrogens (tertiary/aromatic N) is 1. The van der Waals surface area contributed by atoms with Crippen LogP contribution in [-0.4, -0.2) is 34.6 Å². The number of benzene rings is 2. The van der Waals surface area contributed by atoms with Crippen molar-refractivity contribution in [3.8, 4) is 5.75 Å². The normalized spacial score (nSPS) is 16.1. The molecule has 0 spiro atoms. The van der Waals surface area contributed by atoms with Crippen molar-refractivity contribution < 1.29 is 19.1 Å². The first kappa shape index (κ1) is 22.1. The summed E-state index contributed by atoms with van der Waals surface area (Å²) in [6, 6.07) is 14.4. The van der Waals surface area contributed by atoms with Crippen LogP contribution < -0.4 is 10.1 Å². The highest BCUT2D eigenvalue weighted by atomic mass is 79.9. The summed E-state index contributed by atoms with van der Waals surface area (Å²) in [7, 11) is 0. The lowest BCUT2D eigenvalue weighted by molar-refractivity contribution is -0.127. The van der Waals surface area contributed by atoms with Crippen LogP contribution in [0.15, 0.2) is 57.9 Å². The molecule has 1 aliphatic rings. The van der Waals surface area contributed by atoms with E-state index in [1.165, 1.54) is 0 Å². The third-order valence-electron chi connectivity index (χ3n) is 4.41. The van der Waals surface area contributed by atoms with Gasteiger partial charge in [0.25, 0.3) is 11.1 Å². The van der Waals surface area contributed by atoms with Gasteiger partial charge in [0.2, 0.25) is 5.91 Å². The zero-order chi connectivity index (χ0) is 21.7. The highest BCUT2D eigenvalue weighted by Gasteiger charge is 2.36. The Kier molecular flexibility index (Phi) is 7.33. The molecule has 0 aliphatic carbocycles. The van der Waals surface area contributed by atoms with Gasteiger partial charge < -0.3 is 10.1 Å². The fourth-order valence-corrected chi connectivity index (χ4v) is 3.86. The maximum atomic E-state index is 12.6. The molecule has 0 saturated carbocycles. The number of halogens is 1. The minimum atomic E-state index is -0.479. The van der Waals surface area contributed by atoms with Crippen molar-refractivity contribution in [1.29, 1.82) is 0 Å². The van der Waals surface area contributed by atoms with E-state index < -0.39 is 17.1 Å². The number of carbonyl (C=O) groups is 3. The van der Waals surface area contributed by atoms with Gasteiger partial charge in [0, 0.05) is 4.47 Å². The molecule has 1 atom stereocenters. The number of hydrogen-bond acceptors (Lipinski definition) is 5. The quantitative estimate of drug-likeness (QED) is 0.535. The van der Waals surface area contributed by atoms with Gasteiger partial charge in [-0.15, -0.1) is 0 Å². The SMILES string of the molecule is CC[C@@H](C)Oc1ccc(/C=C2\SC(=O)N(CC(=O)Nc3ccccc3Br)C2=O)cc1. The number of para-hydroxylation sites is 1. The Hall–Kier alpha value is -2.58. The van der Waals surface area contributed by atoms with Crippen molar-refractivity contribution >= 4 is 56.5 Å². The molecule has 0 bridgehead atoms. The van der Waals surface area contributed by atoms with Gasteiger partial charge in [-0.1, -0.05) is 31.2 Å². The molecule has 2 aromatic carbocycles. The van der Waals surface area contributed by atoms with Gasteiger partial charge in [-0.3, -0.25) is 19.3 Å². The van der Waals surface area contributed by atoms with E-state index in [2.05, 4.69) is 21.2 Å². The van der Waals surface area contributed by atoms with E-state index in [9.17, 15) is 14.4 Å². The number of imide groups is 1. The summed E-state index contributed by atoms with van der Waals surface area (Å²) in [6.07, 6.45) is 2.67. The summed E-state index contributed by atoms with van der Waals surface area (Å²) < 4.78 is 6.46. The zero-order valence-electron chi connectivity index (χ0n) is 16.6. The molecule has 0 radical (unpaired) electrons. The van der Waals surface area contributed by atoms with E-state index in [1.54, 1.807) is 24.3 Å². The van der Waals surface area contributed by atoms with E-state index in [0.717, 1.165) is 34.4 Å². The first-order valence-electron chi connectivity index (χ1n) is 9.44. The largest absolute Gasteiger partial charge is 0.491 e. The molecule has 2 aromatic rings. The fraction of sp³-hybridized carbons (Fsp3) is 0.227. The van der Waals surface area contributed by atoms with E-state index in [0.29, 0.717) is 10.2 Å². The predicted molar refractivity (Wildman–Crippen MR) is 122 cm³/mol. The van der Waals surface area contributed by atoms with Crippen LogP contribution in [0.1, 0.15) is 25.8 Å². The number of amides is 3. The highest BCUT2D eigenvalue weighted by molar-refractivity contribution is 9.10. The highest BCUT2D eigenvalue weighted by Crippen LogP contribution is 2.32. The Morgan fingerprint density at radius 2 is 1.90 bits per heavy atom. The number of rotatable bonds is 7. The van der Waals surface area contributed by atoms with Crippen molar-refractivity contribution in [3.63, 3.8) is 0 Å². The maximum Gasteiger partial charge on any atom is 0.294 e. The van der Waals surface area contributed by atoms with Gasteiger partial charge >= 0.3 is 0 Å². The van der Waals surface area contributed by atoms with Crippen molar-refractivity contribution in [2.24, 2.45) is 0 Å². The monoisotopic (exact) mass is 488 g/mol. The first-order chi connectivity index (χ1) is 14.4. The van der Waals surface area contributed by atoms with Crippen LogP contribution in [0.25, 0.3) is 6.08 Å². The van der Waals surface area contributed by atoms with Crippen LogP contribution in [-0.2, 0) is 9.59 Å². The number of ether oxygens (including phenoxy) is 1. The summed E-state index contributed by atoms with van der Waals surface area (Å²) in [4.78, 5) is 38.4. The molecule has 30 heavy (non-hydrogen) atoms. The van der Waals surface area contributed by atoms with Crippen LogP contribution in [0, 0.1) is 0 Å². The smallest absolute Gasteiger partial charge is 0.294 e. The number of nitrogens with one attached hydrogen (secondary N) is 1. The molecule has 1 aliphatic heterocycles. The van der Waals surface area contributed by atoms with Crippen molar-refractivity contribution in [3.05, 3.63) is 63.5 Å². The Morgan fingerprint density at radius 3 is 2.57 bits per heavy atom. The average Bonchev–Trinajstić information content (AvgIpc) is 2.98. The van der Waals surface area contributed by atoms with E-state index in [4.69, 9.17) is 4.74 Å². The lowest BCUT2D eigenvalue weighted by atomic mass is 10.2. The van der Waals surface area contributed by atoms with Crippen LogP contribution >= 0.6 is 27.7 Å². The molecule has 156 valence electrons. The third-order valence-corrected chi connectivity index (χ3v) is 6.01. The molecule has 6 nitrogen and oxygen atoms in total. The molecule has 1 fully saturated rings.